The van der Waals surface area contributed by atoms with Gasteiger partial charge in [0.15, 0.2) is 0 Å². The molecule has 2 aromatic rings. The first kappa shape index (κ1) is 16.6. The summed E-state index contributed by atoms with van der Waals surface area (Å²) in [4.78, 5) is 0. The Balaban J connectivity index is 1.79. The summed E-state index contributed by atoms with van der Waals surface area (Å²) in [6.45, 7) is 2.28. The van der Waals surface area contributed by atoms with Gasteiger partial charge < -0.3 is 0 Å². The Morgan fingerprint density at radius 2 is 1.26 bits per heavy atom. The number of ether oxygens (including phenoxy) is 1. The van der Waals surface area contributed by atoms with Crippen molar-refractivity contribution in [3.8, 4) is 11.5 Å². The van der Waals surface area contributed by atoms with Crippen LogP contribution < -0.4 is 13.4 Å². The van der Waals surface area contributed by atoms with Crippen LogP contribution in [0.1, 0.15) is 45.4 Å². The molecule has 2 heteroatoms. The average molecular weight is 371 g/mol. The standard InChI is InChI=1S/C21H28AsO/c1-3-4-5-6-7-12-17-22(2)18-13-8-10-15-20(18)23-21-16-11-9-14-19(21)22/h8-11,13-16H,3-7,12,17H2,1-2H3. The number of benzene rings is 2. The van der Waals surface area contributed by atoms with Gasteiger partial charge in [0.05, 0.1) is 0 Å². The van der Waals surface area contributed by atoms with Crippen LogP contribution in [0.25, 0.3) is 0 Å². The summed E-state index contributed by atoms with van der Waals surface area (Å²) in [6, 6.07) is 17.5. The molecule has 0 spiro atoms. The molecule has 1 aliphatic rings. The van der Waals surface area contributed by atoms with E-state index in [4.69, 9.17) is 4.74 Å². The van der Waals surface area contributed by atoms with Crippen molar-refractivity contribution in [1.82, 2.24) is 0 Å². The molecule has 1 aliphatic heterocycles. The van der Waals surface area contributed by atoms with Gasteiger partial charge in [-0.15, -0.1) is 0 Å². The Morgan fingerprint density at radius 3 is 1.87 bits per heavy atom. The number of hydrogen-bond donors (Lipinski definition) is 0. The fourth-order valence-corrected chi connectivity index (χ4v) is 11.2. The van der Waals surface area contributed by atoms with Crippen molar-refractivity contribution < 1.29 is 4.74 Å². The predicted octanol–water partition coefficient (Wildman–Crippen LogP) is 5.35. The van der Waals surface area contributed by atoms with E-state index in [1.165, 1.54) is 52.4 Å². The fourth-order valence-electron chi connectivity index (χ4n) is 3.60. The molecule has 0 atom stereocenters. The molecule has 3 rings (SSSR count). The minimum absolute atomic E-state index is 1.10. The maximum atomic E-state index is 6.18. The molecule has 0 amide bonds. The third-order valence-electron chi connectivity index (χ3n) is 4.97. The van der Waals surface area contributed by atoms with Crippen LogP contribution in [0.5, 0.6) is 11.5 Å². The molecular formula is C21H28AsO. The van der Waals surface area contributed by atoms with Crippen molar-refractivity contribution in [2.45, 2.75) is 56.4 Å². The molecule has 0 aromatic heterocycles. The number of hydrogen-bond acceptors (Lipinski definition) is 1. The van der Waals surface area contributed by atoms with Crippen molar-refractivity contribution >= 4 is 22.3 Å². The first-order chi connectivity index (χ1) is 11.3. The van der Waals surface area contributed by atoms with Gasteiger partial charge in [0, 0.05) is 0 Å². The molecule has 0 fully saturated rings. The Bertz CT molecular complexity index is 604. The minimum atomic E-state index is -2.08. The second kappa shape index (κ2) is 7.58. The van der Waals surface area contributed by atoms with E-state index in [0.717, 1.165) is 11.5 Å². The van der Waals surface area contributed by atoms with Gasteiger partial charge >= 0.3 is 143 Å². The van der Waals surface area contributed by atoms with Gasteiger partial charge in [-0.2, -0.15) is 0 Å². The SMILES string of the molecule is CCCCCCCC[As]1(C)c2ccccc2Oc2ccccc21. The summed E-state index contributed by atoms with van der Waals surface area (Å²) >= 11 is -2.08. The van der Waals surface area contributed by atoms with E-state index in [0.29, 0.717) is 0 Å². The third kappa shape index (κ3) is 3.50. The van der Waals surface area contributed by atoms with Crippen LogP contribution in [0.4, 0.5) is 0 Å². The van der Waals surface area contributed by atoms with Gasteiger partial charge in [0.2, 0.25) is 0 Å². The average Bonchev–Trinajstić information content (AvgIpc) is 2.58. The number of fused-ring (bicyclic) bond motifs is 2. The zero-order chi connectivity index (χ0) is 16.1. The van der Waals surface area contributed by atoms with Crippen LogP contribution in [0.15, 0.2) is 48.5 Å². The van der Waals surface area contributed by atoms with Gasteiger partial charge in [0.1, 0.15) is 0 Å². The molecule has 0 saturated carbocycles. The molecule has 1 heterocycles. The van der Waals surface area contributed by atoms with Crippen molar-refractivity contribution in [3.63, 3.8) is 0 Å². The molecule has 23 heavy (non-hydrogen) atoms. The molecule has 1 radical (unpaired) electrons. The molecule has 0 bridgehead atoms. The second-order valence-electron chi connectivity index (χ2n) is 6.72. The summed E-state index contributed by atoms with van der Waals surface area (Å²) in [5.41, 5.74) is 2.56. The summed E-state index contributed by atoms with van der Waals surface area (Å²) < 4.78 is 9.20. The van der Waals surface area contributed by atoms with E-state index in [1.807, 2.05) is 0 Å². The van der Waals surface area contributed by atoms with Crippen LogP contribution in [-0.2, 0) is 0 Å². The van der Waals surface area contributed by atoms with E-state index in [-0.39, 0.29) is 0 Å². The zero-order valence-electron chi connectivity index (χ0n) is 14.4. The van der Waals surface area contributed by atoms with Crippen LogP contribution >= 0.6 is 0 Å². The molecule has 2 aromatic carbocycles. The van der Waals surface area contributed by atoms with Gasteiger partial charge in [-0.05, 0) is 0 Å². The molecule has 1 nitrogen and oxygen atoms in total. The fraction of sp³-hybridized carbons (Fsp3) is 0.429. The van der Waals surface area contributed by atoms with Crippen molar-refractivity contribution in [2.24, 2.45) is 0 Å². The first-order valence-corrected chi connectivity index (χ1v) is 14.1. The van der Waals surface area contributed by atoms with Crippen LogP contribution in [-0.4, -0.2) is 13.6 Å². The second-order valence-corrected chi connectivity index (χ2v) is 14.7. The van der Waals surface area contributed by atoms with Gasteiger partial charge in [-0.1, -0.05) is 0 Å². The molecule has 0 saturated heterocycles. The maximum absolute atomic E-state index is 6.18. The van der Waals surface area contributed by atoms with Crippen molar-refractivity contribution in [3.05, 3.63) is 48.5 Å². The Morgan fingerprint density at radius 1 is 0.739 bits per heavy atom. The van der Waals surface area contributed by atoms with Gasteiger partial charge in [-0.25, -0.2) is 0 Å². The Kier molecular flexibility index (Phi) is 5.49. The van der Waals surface area contributed by atoms with Crippen LogP contribution in [0.2, 0.25) is 10.9 Å². The number of unbranched alkanes of at least 4 members (excludes halogenated alkanes) is 5. The molecular weight excluding hydrogens is 343 g/mol. The van der Waals surface area contributed by atoms with E-state index >= 15 is 0 Å². The quantitative estimate of drug-likeness (QED) is 0.471. The van der Waals surface area contributed by atoms with E-state index in [2.05, 4.69) is 61.2 Å². The summed E-state index contributed by atoms with van der Waals surface area (Å²) in [7, 11) is 0. The Labute approximate surface area is 143 Å². The normalized spacial score (nSPS) is 14.7. The van der Waals surface area contributed by atoms with Crippen molar-refractivity contribution in [1.29, 1.82) is 0 Å². The van der Waals surface area contributed by atoms with Crippen LogP contribution in [0.3, 0.4) is 0 Å². The molecule has 0 unspecified atom stereocenters. The number of para-hydroxylation sites is 2. The zero-order valence-corrected chi connectivity index (χ0v) is 16.3. The third-order valence-corrected chi connectivity index (χ3v) is 13.5. The summed E-state index contributed by atoms with van der Waals surface area (Å²) in [5.74, 6) is 2.21. The summed E-state index contributed by atoms with van der Waals surface area (Å²) in [6.07, 6.45) is 8.24. The molecule has 0 N–H and O–H groups in total. The van der Waals surface area contributed by atoms with E-state index in [9.17, 15) is 0 Å². The van der Waals surface area contributed by atoms with E-state index < -0.39 is 13.6 Å². The summed E-state index contributed by atoms with van der Waals surface area (Å²) in [5, 5.41) is 1.36. The van der Waals surface area contributed by atoms with Crippen molar-refractivity contribution in [2.75, 3.05) is 0 Å². The van der Waals surface area contributed by atoms with Gasteiger partial charge in [-0.3, -0.25) is 0 Å². The molecule has 123 valence electrons. The van der Waals surface area contributed by atoms with E-state index in [1.54, 1.807) is 0 Å². The monoisotopic (exact) mass is 371 g/mol. The van der Waals surface area contributed by atoms with Gasteiger partial charge in [0.25, 0.3) is 0 Å². The number of rotatable bonds is 7. The van der Waals surface area contributed by atoms with Crippen LogP contribution in [0, 0.1) is 0 Å². The predicted molar refractivity (Wildman–Crippen MR) is 102 cm³/mol. The first-order valence-electron chi connectivity index (χ1n) is 8.98. The molecule has 0 aliphatic carbocycles. The Hall–Kier alpha value is -1.20. The topological polar surface area (TPSA) is 9.23 Å².